The quantitative estimate of drug-likeness (QED) is 0.685. The first-order valence-electron chi connectivity index (χ1n) is 9.80. The molecule has 2 aromatic rings. The Balaban J connectivity index is 1.61. The minimum atomic E-state index is -3.39. The Morgan fingerprint density at radius 1 is 1.14 bits per heavy atom. The second-order valence-electron chi connectivity index (χ2n) is 7.58. The van der Waals surface area contributed by atoms with Gasteiger partial charge in [-0.3, -0.25) is 4.79 Å². The third-order valence-electron chi connectivity index (χ3n) is 5.35. The molecule has 1 aromatic heterocycles. The molecule has 6 nitrogen and oxygen atoms in total. The van der Waals surface area contributed by atoms with E-state index in [1.807, 2.05) is 6.07 Å². The summed E-state index contributed by atoms with van der Waals surface area (Å²) < 4.78 is 33.1. The van der Waals surface area contributed by atoms with E-state index in [0.29, 0.717) is 10.9 Å². The molecule has 0 bridgehead atoms. The number of nitrogens with zero attached hydrogens (tertiary/aromatic N) is 1. The molecule has 158 valence electrons. The molecule has 0 aliphatic heterocycles. The Kier molecular flexibility index (Phi) is 7.51. The summed E-state index contributed by atoms with van der Waals surface area (Å²) in [4.78, 5) is 12.3. The predicted molar refractivity (Wildman–Crippen MR) is 115 cm³/mol. The molecule has 0 saturated heterocycles. The second kappa shape index (κ2) is 9.89. The highest BCUT2D eigenvalue weighted by molar-refractivity contribution is 7.88. The molecule has 1 fully saturated rings. The van der Waals surface area contributed by atoms with Crippen molar-refractivity contribution in [3.8, 4) is 0 Å². The lowest BCUT2D eigenvalue weighted by molar-refractivity contribution is 0.00737. The molecule has 1 atom stereocenters. The summed E-state index contributed by atoms with van der Waals surface area (Å²) in [7, 11) is -3.39. The molecular weight excluding hydrogens is 412 g/mol. The summed E-state index contributed by atoms with van der Waals surface area (Å²) in [5.74, 6) is 0.550. The van der Waals surface area contributed by atoms with E-state index in [0.717, 1.165) is 31.9 Å². The van der Waals surface area contributed by atoms with Gasteiger partial charge < -0.3 is 9.30 Å². The highest BCUT2D eigenvalue weighted by atomic mass is 35.5. The van der Waals surface area contributed by atoms with Gasteiger partial charge in [0.2, 0.25) is 10.0 Å². The fourth-order valence-electron chi connectivity index (χ4n) is 3.78. The van der Waals surface area contributed by atoms with Crippen molar-refractivity contribution < 1.29 is 13.2 Å². The fourth-order valence-corrected chi connectivity index (χ4v) is 4.45. The maximum Gasteiger partial charge on any atom is 0.250 e. The Hall–Kier alpha value is -1.67. The lowest BCUT2D eigenvalue weighted by Gasteiger charge is -2.30. The predicted octanol–water partition coefficient (Wildman–Crippen LogP) is 3.34. The van der Waals surface area contributed by atoms with E-state index in [9.17, 15) is 13.2 Å². The van der Waals surface area contributed by atoms with Crippen molar-refractivity contribution >= 4 is 21.6 Å². The van der Waals surface area contributed by atoms with Crippen LogP contribution in [0.2, 0.25) is 5.02 Å². The highest BCUT2D eigenvalue weighted by Crippen LogP contribution is 2.34. The molecule has 1 aliphatic carbocycles. The topological polar surface area (TPSA) is 77.4 Å². The van der Waals surface area contributed by atoms with E-state index in [1.165, 1.54) is 28.5 Å². The van der Waals surface area contributed by atoms with Gasteiger partial charge in [0.25, 0.3) is 5.56 Å². The van der Waals surface area contributed by atoms with Crippen LogP contribution in [0, 0.1) is 0 Å². The summed E-state index contributed by atoms with van der Waals surface area (Å²) in [5.41, 5.74) is 1.12. The van der Waals surface area contributed by atoms with E-state index in [-0.39, 0.29) is 24.8 Å². The zero-order chi connectivity index (χ0) is 20.9. The fraction of sp³-hybridized carbons (Fsp3) is 0.476. The van der Waals surface area contributed by atoms with E-state index in [4.69, 9.17) is 16.3 Å². The molecule has 0 amide bonds. The SMILES string of the molecule is CS(=O)(=O)NCC(CO[C@H]1CC[C@@H](c2ccccc2)CC1)n1cc(Cl)ccc1=O. The van der Waals surface area contributed by atoms with Crippen LogP contribution in [0.1, 0.15) is 43.2 Å². The van der Waals surface area contributed by atoms with Crippen LogP contribution in [0.5, 0.6) is 0 Å². The van der Waals surface area contributed by atoms with Crippen LogP contribution >= 0.6 is 11.6 Å². The molecular formula is C21H27ClN2O4S. The Labute approximate surface area is 176 Å². The van der Waals surface area contributed by atoms with Crippen molar-refractivity contribution in [3.63, 3.8) is 0 Å². The first-order valence-corrected chi connectivity index (χ1v) is 12.1. The number of pyridine rings is 1. The summed E-state index contributed by atoms with van der Waals surface area (Å²) in [5, 5.41) is 0.414. The van der Waals surface area contributed by atoms with Crippen molar-refractivity contribution in [3.05, 3.63) is 69.6 Å². The summed E-state index contributed by atoms with van der Waals surface area (Å²) in [6, 6.07) is 12.9. The number of hydrogen-bond acceptors (Lipinski definition) is 4. The van der Waals surface area contributed by atoms with Gasteiger partial charge in [-0.05, 0) is 43.2 Å². The van der Waals surface area contributed by atoms with Crippen LogP contribution in [0.25, 0.3) is 0 Å². The number of sulfonamides is 1. The third-order valence-corrected chi connectivity index (χ3v) is 6.26. The van der Waals surface area contributed by atoms with Crippen molar-refractivity contribution in [2.45, 2.75) is 43.7 Å². The third kappa shape index (κ3) is 6.67. The number of halogens is 1. The zero-order valence-corrected chi connectivity index (χ0v) is 18.0. The lowest BCUT2D eigenvalue weighted by atomic mass is 9.83. The molecule has 1 N–H and O–H groups in total. The Morgan fingerprint density at radius 2 is 1.83 bits per heavy atom. The number of aromatic nitrogens is 1. The highest BCUT2D eigenvalue weighted by Gasteiger charge is 2.24. The minimum Gasteiger partial charge on any atom is -0.376 e. The Bertz CT molecular complexity index is 954. The normalized spacial score (nSPS) is 21.0. The number of nitrogens with one attached hydrogen (secondary N) is 1. The van der Waals surface area contributed by atoms with Crippen molar-refractivity contribution in [1.82, 2.24) is 9.29 Å². The largest absolute Gasteiger partial charge is 0.376 e. The van der Waals surface area contributed by atoms with Gasteiger partial charge in [0, 0.05) is 18.8 Å². The van der Waals surface area contributed by atoms with Crippen molar-refractivity contribution in [2.24, 2.45) is 0 Å². The summed E-state index contributed by atoms with van der Waals surface area (Å²) in [6.45, 7) is 0.307. The van der Waals surface area contributed by atoms with Crippen molar-refractivity contribution in [1.29, 1.82) is 0 Å². The second-order valence-corrected chi connectivity index (χ2v) is 9.85. The van der Waals surface area contributed by atoms with Crippen molar-refractivity contribution in [2.75, 3.05) is 19.4 Å². The van der Waals surface area contributed by atoms with Gasteiger partial charge in [0.05, 0.1) is 30.0 Å². The standard InChI is InChI=1S/C21H27ClN2O4S/c1-29(26,27)23-13-19(24-14-18(22)9-12-21(24)25)15-28-20-10-7-17(8-11-20)16-5-3-2-4-6-16/h2-6,9,12,14,17,19-20,23H,7-8,10-11,13,15H2,1H3/t17-,19?,20+. The minimum absolute atomic E-state index is 0.0679. The smallest absolute Gasteiger partial charge is 0.250 e. The molecule has 3 rings (SSSR count). The van der Waals surface area contributed by atoms with Gasteiger partial charge in [0.15, 0.2) is 0 Å². The lowest BCUT2D eigenvalue weighted by Crippen LogP contribution is -2.37. The number of benzene rings is 1. The maximum atomic E-state index is 12.3. The van der Waals surface area contributed by atoms with Gasteiger partial charge in [-0.25, -0.2) is 13.1 Å². The maximum absolute atomic E-state index is 12.3. The molecule has 0 radical (unpaired) electrons. The van der Waals surface area contributed by atoms with Crippen LogP contribution in [-0.4, -0.2) is 38.5 Å². The molecule has 0 spiro atoms. The molecule has 1 aromatic carbocycles. The average molecular weight is 439 g/mol. The molecule has 1 heterocycles. The molecule has 1 aliphatic rings. The van der Waals surface area contributed by atoms with E-state index < -0.39 is 16.1 Å². The van der Waals surface area contributed by atoms with E-state index in [2.05, 4.69) is 29.0 Å². The molecule has 1 unspecified atom stereocenters. The van der Waals surface area contributed by atoms with Gasteiger partial charge >= 0.3 is 0 Å². The molecule has 1 saturated carbocycles. The van der Waals surface area contributed by atoms with Crippen LogP contribution in [0.4, 0.5) is 0 Å². The van der Waals surface area contributed by atoms with Crippen LogP contribution in [0.3, 0.4) is 0 Å². The monoisotopic (exact) mass is 438 g/mol. The first kappa shape index (κ1) is 22.0. The molecule has 29 heavy (non-hydrogen) atoms. The Morgan fingerprint density at radius 3 is 2.48 bits per heavy atom. The van der Waals surface area contributed by atoms with Gasteiger partial charge in [-0.2, -0.15) is 0 Å². The van der Waals surface area contributed by atoms with E-state index >= 15 is 0 Å². The number of ether oxygens (including phenoxy) is 1. The first-order chi connectivity index (χ1) is 13.8. The van der Waals surface area contributed by atoms with E-state index in [1.54, 1.807) is 0 Å². The van der Waals surface area contributed by atoms with Gasteiger partial charge in [-0.15, -0.1) is 0 Å². The molecule has 8 heteroatoms. The zero-order valence-electron chi connectivity index (χ0n) is 16.5. The van der Waals surface area contributed by atoms with Crippen LogP contribution in [-0.2, 0) is 14.8 Å². The summed E-state index contributed by atoms with van der Waals surface area (Å²) in [6.07, 6.45) is 6.71. The van der Waals surface area contributed by atoms with Crippen LogP contribution in [0.15, 0.2) is 53.5 Å². The van der Waals surface area contributed by atoms with Gasteiger partial charge in [0.1, 0.15) is 0 Å². The van der Waals surface area contributed by atoms with Crippen LogP contribution < -0.4 is 10.3 Å². The number of rotatable bonds is 8. The average Bonchev–Trinajstić information content (AvgIpc) is 2.70. The number of hydrogen-bond donors (Lipinski definition) is 1. The summed E-state index contributed by atoms with van der Waals surface area (Å²) >= 11 is 6.03. The van der Waals surface area contributed by atoms with Gasteiger partial charge in [-0.1, -0.05) is 41.9 Å².